The number of carbonyl (C=O) groups excluding carboxylic acids is 5. The fourth-order valence-electron chi connectivity index (χ4n) is 2.78. The molecular weight excluding hydrogens is 390 g/mol. The van der Waals surface area contributed by atoms with Gasteiger partial charge in [0.2, 0.25) is 0 Å². The van der Waals surface area contributed by atoms with Crippen molar-refractivity contribution in [1.82, 2.24) is 10.6 Å². The Morgan fingerprint density at radius 1 is 1.00 bits per heavy atom. The summed E-state index contributed by atoms with van der Waals surface area (Å²) in [4.78, 5) is 61.4. The van der Waals surface area contributed by atoms with E-state index in [1.165, 1.54) is 30.3 Å². The first-order valence-electron chi connectivity index (χ1n) is 8.86. The Kier molecular flexibility index (Phi) is 6.02. The number of amides is 5. The summed E-state index contributed by atoms with van der Waals surface area (Å²) < 4.78 is 4.89. The number of nitrogens with zero attached hydrogens (tertiary/aromatic N) is 1. The van der Waals surface area contributed by atoms with E-state index in [4.69, 9.17) is 4.74 Å². The summed E-state index contributed by atoms with van der Waals surface area (Å²) in [6.07, 6.45) is 1.44. The van der Waals surface area contributed by atoms with Gasteiger partial charge in [0, 0.05) is 6.54 Å². The highest BCUT2D eigenvalue weighted by Crippen LogP contribution is 2.28. The molecule has 2 aromatic carbocycles. The molecule has 9 nitrogen and oxygen atoms in total. The lowest BCUT2D eigenvalue weighted by molar-refractivity contribution is -0.123. The molecule has 5 amide bonds. The number of urea groups is 1. The molecule has 2 aromatic rings. The molecule has 1 heterocycles. The summed E-state index contributed by atoms with van der Waals surface area (Å²) in [5.41, 5.74) is 0.792. The third-order valence-corrected chi connectivity index (χ3v) is 4.13. The third-order valence-electron chi connectivity index (χ3n) is 4.13. The van der Waals surface area contributed by atoms with E-state index >= 15 is 0 Å². The third kappa shape index (κ3) is 4.25. The molecular formula is C21H17N3O6. The minimum Gasteiger partial charge on any atom is -0.452 e. The van der Waals surface area contributed by atoms with Crippen LogP contribution in [-0.2, 0) is 9.53 Å². The maximum Gasteiger partial charge on any atom is 0.338 e. The molecule has 0 spiro atoms. The standard InChI is InChI=1S/C21H17N3O6/c1-2-10-22-21(29)23-17(25)12-30-20(28)13-6-5-7-14(11-13)24-18(26)15-8-3-4-9-16(15)19(24)27/h2-9,11H,1,10,12H2,(H2,22,23,25,29). The average Bonchev–Trinajstić information content (AvgIpc) is 3.01. The number of fused-ring (bicyclic) bond motifs is 1. The van der Waals surface area contributed by atoms with E-state index in [1.807, 2.05) is 5.32 Å². The van der Waals surface area contributed by atoms with Crippen molar-refractivity contribution in [3.05, 3.63) is 77.9 Å². The second-order valence-corrected chi connectivity index (χ2v) is 6.16. The lowest BCUT2D eigenvalue weighted by atomic mass is 10.1. The first-order valence-corrected chi connectivity index (χ1v) is 8.86. The van der Waals surface area contributed by atoms with Crippen LogP contribution in [-0.4, -0.2) is 42.9 Å². The van der Waals surface area contributed by atoms with Gasteiger partial charge in [-0.25, -0.2) is 14.5 Å². The number of carbonyl (C=O) groups is 5. The molecule has 0 radical (unpaired) electrons. The van der Waals surface area contributed by atoms with Gasteiger partial charge in [-0.1, -0.05) is 24.3 Å². The lowest BCUT2D eigenvalue weighted by Crippen LogP contribution is -2.41. The van der Waals surface area contributed by atoms with Crippen LogP contribution in [0.2, 0.25) is 0 Å². The van der Waals surface area contributed by atoms with E-state index in [-0.39, 0.29) is 28.9 Å². The van der Waals surface area contributed by atoms with Crippen molar-refractivity contribution in [2.24, 2.45) is 0 Å². The molecule has 0 unspecified atom stereocenters. The van der Waals surface area contributed by atoms with E-state index < -0.39 is 36.3 Å². The molecule has 0 fully saturated rings. The van der Waals surface area contributed by atoms with Crippen LogP contribution >= 0.6 is 0 Å². The number of anilines is 1. The molecule has 9 heteroatoms. The Bertz CT molecular complexity index is 1030. The zero-order valence-electron chi connectivity index (χ0n) is 15.7. The maximum atomic E-state index is 12.6. The molecule has 0 aliphatic carbocycles. The summed E-state index contributed by atoms with van der Waals surface area (Å²) in [6.45, 7) is 2.91. The Morgan fingerprint density at radius 2 is 1.67 bits per heavy atom. The number of rotatable bonds is 6. The summed E-state index contributed by atoms with van der Waals surface area (Å²) in [7, 11) is 0. The van der Waals surface area contributed by atoms with Gasteiger partial charge in [0.25, 0.3) is 17.7 Å². The monoisotopic (exact) mass is 407 g/mol. The van der Waals surface area contributed by atoms with Gasteiger partial charge in [0.1, 0.15) is 0 Å². The number of ether oxygens (including phenoxy) is 1. The number of nitrogens with one attached hydrogen (secondary N) is 2. The van der Waals surface area contributed by atoms with Crippen molar-refractivity contribution in [2.75, 3.05) is 18.1 Å². The molecule has 0 aromatic heterocycles. The fourth-order valence-corrected chi connectivity index (χ4v) is 2.78. The van der Waals surface area contributed by atoms with Gasteiger partial charge in [-0.2, -0.15) is 0 Å². The Balaban J connectivity index is 1.66. The van der Waals surface area contributed by atoms with Crippen molar-refractivity contribution < 1.29 is 28.7 Å². The van der Waals surface area contributed by atoms with Crippen molar-refractivity contribution in [3.63, 3.8) is 0 Å². The minimum absolute atomic E-state index is 0.0352. The van der Waals surface area contributed by atoms with Crippen LogP contribution in [0.4, 0.5) is 10.5 Å². The quantitative estimate of drug-likeness (QED) is 0.427. The van der Waals surface area contributed by atoms with Gasteiger partial charge >= 0.3 is 12.0 Å². The number of imide groups is 2. The van der Waals surface area contributed by atoms with Crippen molar-refractivity contribution in [3.8, 4) is 0 Å². The topological polar surface area (TPSA) is 122 Å². The fraction of sp³-hybridized carbons (Fsp3) is 0.0952. The van der Waals surface area contributed by atoms with Crippen LogP contribution < -0.4 is 15.5 Å². The highest BCUT2D eigenvalue weighted by atomic mass is 16.5. The Hall–Kier alpha value is -4.27. The Morgan fingerprint density at radius 3 is 2.30 bits per heavy atom. The zero-order chi connectivity index (χ0) is 21.7. The highest BCUT2D eigenvalue weighted by Gasteiger charge is 2.36. The normalized spacial score (nSPS) is 12.2. The lowest BCUT2D eigenvalue weighted by Gasteiger charge is -2.14. The smallest absolute Gasteiger partial charge is 0.338 e. The molecule has 0 saturated heterocycles. The van der Waals surface area contributed by atoms with Gasteiger partial charge in [-0.15, -0.1) is 6.58 Å². The highest BCUT2D eigenvalue weighted by molar-refractivity contribution is 6.34. The molecule has 152 valence electrons. The van der Waals surface area contributed by atoms with Gasteiger partial charge in [-0.3, -0.25) is 19.7 Å². The number of hydrogen-bond acceptors (Lipinski definition) is 6. The first-order chi connectivity index (χ1) is 14.4. The van der Waals surface area contributed by atoms with E-state index in [9.17, 15) is 24.0 Å². The van der Waals surface area contributed by atoms with Crippen molar-refractivity contribution in [1.29, 1.82) is 0 Å². The molecule has 0 atom stereocenters. The van der Waals surface area contributed by atoms with Crippen LogP contribution in [0.3, 0.4) is 0 Å². The second kappa shape index (κ2) is 8.82. The van der Waals surface area contributed by atoms with E-state index in [1.54, 1.807) is 24.3 Å². The predicted molar refractivity (Wildman–Crippen MR) is 106 cm³/mol. The molecule has 3 rings (SSSR count). The molecule has 0 saturated carbocycles. The molecule has 1 aliphatic rings. The number of hydrogen-bond donors (Lipinski definition) is 2. The van der Waals surface area contributed by atoms with E-state index in [0.29, 0.717) is 0 Å². The average molecular weight is 407 g/mol. The van der Waals surface area contributed by atoms with Gasteiger partial charge < -0.3 is 10.1 Å². The number of esters is 1. The number of benzene rings is 2. The summed E-state index contributed by atoms with van der Waals surface area (Å²) in [5, 5.41) is 4.33. The second-order valence-electron chi connectivity index (χ2n) is 6.16. The molecule has 0 bridgehead atoms. The maximum absolute atomic E-state index is 12.6. The zero-order valence-corrected chi connectivity index (χ0v) is 15.7. The van der Waals surface area contributed by atoms with Crippen LogP contribution in [0.15, 0.2) is 61.2 Å². The summed E-state index contributed by atoms with van der Waals surface area (Å²) in [6, 6.07) is 11.4. The van der Waals surface area contributed by atoms with Crippen LogP contribution in [0, 0.1) is 0 Å². The molecule has 30 heavy (non-hydrogen) atoms. The van der Waals surface area contributed by atoms with Crippen LogP contribution in [0.25, 0.3) is 0 Å². The van der Waals surface area contributed by atoms with Gasteiger partial charge in [0.05, 0.1) is 22.4 Å². The predicted octanol–water partition coefficient (Wildman–Crippen LogP) is 1.66. The summed E-state index contributed by atoms with van der Waals surface area (Å²) in [5.74, 6) is -2.66. The van der Waals surface area contributed by atoms with Crippen molar-refractivity contribution >= 4 is 35.4 Å². The Labute approximate surface area is 171 Å². The molecule has 2 N–H and O–H groups in total. The van der Waals surface area contributed by atoms with Gasteiger partial charge in [-0.05, 0) is 30.3 Å². The summed E-state index contributed by atoms with van der Waals surface area (Å²) >= 11 is 0. The molecule has 1 aliphatic heterocycles. The van der Waals surface area contributed by atoms with E-state index in [0.717, 1.165) is 4.90 Å². The SMILES string of the molecule is C=CCNC(=O)NC(=O)COC(=O)c1cccc(N2C(=O)c3ccccc3C2=O)c1. The van der Waals surface area contributed by atoms with E-state index in [2.05, 4.69) is 11.9 Å². The van der Waals surface area contributed by atoms with Crippen molar-refractivity contribution in [2.45, 2.75) is 0 Å². The minimum atomic E-state index is -0.852. The largest absolute Gasteiger partial charge is 0.452 e. The van der Waals surface area contributed by atoms with Crippen LogP contribution in [0.5, 0.6) is 0 Å². The van der Waals surface area contributed by atoms with Gasteiger partial charge in [0.15, 0.2) is 6.61 Å². The van der Waals surface area contributed by atoms with Crippen LogP contribution in [0.1, 0.15) is 31.1 Å². The first kappa shape index (κ1) is 20.5.